The van der Waals surface area contributed by atoms with Gasteiger partial charge in [0.1, 0.15) is 5.69 Å². The van der Waals surface area contributed by atoms with Crippen LogP contribution in [0.3, 0.4) is 0 Å². The van der Waals surface area contributed by atoms with Crippen molar-refractivity contribution in [2.45, 2.75) is 26.5 Å². The lowest BCUT2D eigenvalue weighted by Crippen LogP contribution is -2.29. The lowest BCUT2D eigenvalue weighted by Gasteiger charge is -2.12. The fourth-order valence-corrected chi connectivity index (χ4v) is 2.72. The van der Waals surface area contributed by atoms with Crippen LogP contribution in [0.4, 0.5) is 5.69 Å². The number of ether oxygens (including phenoxy) is 1. The number of anilines is 1. The minimum absolute atomic E-state index is 0.110. The molecule has 1 aromatic heterocycles. The van der Waals surface area contributed by atoms with Crippen LogP contribution in [-0.2, 0) is 20.9 Å². The molecule has 31 heavy (non-hydrogen) atoms. The maximum atomic E-state index is 12.3. The molecular formula is C23H22N4O4. The Morgan fingerprint density at radius 1 is 1.13 bits per heavy atom. The van der Waals surface area contributed by atoms with Gasteiger partial charge in [-0.25, -0.2) is 9.48 Å². The summed E-state index contributed by atoms with van der Waals surface area (Å²) in [6, 6.07) is 16.3. The molecule has 8 nitrogen and oxygen atoms in total. The summed E-state index contributed by atoms with van der Waals surface area (Å²) < 4.78 is 6.78. The summed E-state index contributed by atoms with van der Waals surface area (Å²) in [6.45, 7) is 3.47. The van der Waals surface area contributed by atoms with E-state index >= 15 is 0 Å². The third-order valence-corrected chi connectivity index (χ3v) is 4.33. The molecule has 0 saturated carbocycles. The highest BCUT2D eigenvalue weighted by molar-refractivity contribution is 5.99. The highest BCUT2D eigenvalue weighted by Gasteiger charge is 2.17. The van der Waals surface area contributed by atoms with E-state index in [0.717, 1.165) is 5.56 Å². The van der Waals surface area contributed by atoms with E-state index < -0.39 is 18.0 Å². The van der Waals surface area contributed by atoms with Crippen LogP contribution in [0.5, 0.6) is 0 Å². The van der Waals surface area contributed by atoms with E-state index in [1.165, 1.54) is 26.0 Å². The molecule has 0 aliphatic heterocycles. The van der Waals surface area contributed by atoms with Crippen LogP contribution in [-0.4, -0.2) is 38.8 Å². The smallest absolute Gasteiger partial charge is 0.331 e. The van der Waals surface area contributed by atoms with E-state index in [0.29, 0.717) is 23.5 Å². The number of hydrogen-bond acceptors (Lipinski definition) is 6. The van der Waals surface area contributed by atoms with Crippen molar-refractivity contribution in [3.8, 4) is 0 Å². The van der Waals surface area contributed by atoms with Crippen LogP contribution < -0.4 is 5.32 Å². The molecule has 1 atom stereocenters. The first-order valence-electron chi connectivity index (χ1n) is 9.65. The van der Waals surface area contributed by atoms with Gasteiger partial charge >= 0.3 is 5.97 Å². The molecule has 1 heterocycles. The number of carbonyl (C=O) groups is 3. The molecule has 0 spiro atoms. The molecule has 0 bridgehead atoms. The van der Waals surface area contributed by atoms with Crippen LogP contribution in [0.15, 0.2) is 66.9 Å². The number of carbonyl (C=O) groups excluding carboxylic acids is 3. The van der Waals surface area contributed by atoms with Crippen molar-refractivity contribution in [3.05, 3.63) is 83.7 Å². The summed E-state index contributed by atoms with van der Waals surface area (Å²) in [5.74, 6) is -1.30. The molecule has 0 saturated heterocycles. The summed E-state index contributed by atoms with van der Waals surface area (Å²) >= 11 is 0. The Labute approximate surface area is 179 Å². The van der Waals surface area contributed by atoms with Crippen LogP contribution >= 0.6 is 0 Å². The summed E-state index contributed by atoms with van der Waals surface area (Å²) in [5.41, 5.74) is 2.50. The Morgan fingerprint density at radius 2 is 1.90 bits per heavy atom. The van der Waals surface area contributed by atoms with Crippen LogP contribution in [0, 0.1) is 0 Å². The molecule has 2 aromatic carbocycles. The molecule has 1 amide bonds. The summed E-state index contributed by atoms with van der Waals surface area (Å²) in [6.07, 6.45) is 3.34. The average molecular weight is 418 g/mol. The Kier molecular flexibility index (Phi) is 7.05. The molecule has 3 rings (SSSR count). The van der Waals surface area contributed by atoms with Gasteiger partial charge in [0.05, 0.1) is 12.7 Å². The number of benzene rings is 2. The second-order valence-corrected chi connectivity index (χ2v) is 6.87. The largest absolute Gasteiger partial charge is 0.449 e. The number of aromatic nitrogens is 3. The van der Waals surface area contributed by atoms with Gasteiger partial charge in [-0.05, 0) is 37.6 Å². The number of esters is 1. The van der Waals surface area contributed by atoms with Crippen molar-refractivity contribution in [3.63, 3.8) is 0 Å². The summed E-state index contributed by atoms with van der Waals surface area (Å²) in [5, 5.41) is 10.6. The van der Waals surface area contributed by atoms with Gasteiger partial charge in [-0.3, -0.25) is 9.59 Å². The first kappa shape index (κ1) is 21.6. The van der Waals surface area contributed by atoms with Crippen LogP contribution in [0.25, 0.3) is 6.08 Å². The molecule has 158 valence electrons. The first-order valence-corrected chi connectivity index (χ1v) is 9.65. The predicted octanol–water partition coefficient (Wildman–Crippen LogP) is 3.11. The van der Waals surface area contributed by atoms with Gasteiger partial charge in [-0.1, -0.05) is 47.7 Å². The van der Waals surface area contributed by atoms with Crippen LogP contribution in [0.1, 0.15) is 35.5 Å². The van der Waals surface area contributed by atoms with Crippen molar-refractivity contribution in [2.24, 2.45) is 0 Å². The van der Waals surface area contributed by atoms with Gasteiger partial charge in [-0.2, -0.15) is 0 Å². The van der Waals surface area contributed by atoms with Crippen molar-refractivity contribution in [1.82, 2.24) is 15.0 Å². The number of nitrogens with one attached hydrogen (secondary N) is 1. The highest BCUT2D eigenvalue weighted by Crippen LogP contribution is 2.12. The van der Waals surface area contributed by atoms with Crippen molar-refractivity contribution >= 4 is 29.4 Å². The molecular weight excluding hydrogens is 396 g/mol. The topological polar surface area (TPSA) is 103 Å². The fourth-order valence-electron chi connectivity index (χ4n) is 2.72. The third kappa shape index (κ3) is 6.46. The fraction of sp³-hybridized carbons (Fsp3) is 0.174. The standard InChI is InChI=1S/C23H22N4O4/c1-16(28)19-9-6-10-20(13-19)24-23(30)17(2)31-22(29)12-11-21-15-27(26-25-21)14-18-7-4-3-5-8-18/h3-13,15,17H,14H2,1-2H3,(H,24,30)/b12-11+/t17-/m0/s1. The Morgan fingerprint density at radius 3 is 2.65 bits per heavy atom. The SMILES string of the molecule is CC(=O)c1cccc(NC(=O)[C@H](C)OC(=O)/C=C/c2cn(Cc3ccccc3)nn2)c1. The monoisotopic (exact) mass is 418 g/mol. The van der Waals surface area contributed by atoms with Crippen molar-refractivity contribution in [2.75, 3.05) is 5.32 Å². The summed E-state index contributed by atoms with van der Waals surface area (Å²) in [7, 11) is 0. The van der Waals surface area contributed by atoms with Crippen molar-refractivity contribution in [1.29, 1.82) is 0 Å². The molecule has 0 unspecified atom stereocenters. The van der Waals surface area contributed by atoms with Gasteiger partial charge in [0.2, 0.25) is 0 Å². The van der Waals surface area contributed by atoms with E-state index in [-0.39, 0.29) is 5.78 Å². The van der Waals surface area contributed by atoms with Gasteiger partial charge in [0, 0.05) is 17.3 Å². The Bertz CT molecular complexity index is 1110. The molecule has 0 aliphatic carbocycles. The zero-order valence-electron chi connectivity index (χ0n) is 17.2. The van der Waals surface area contributed by atoms with Gasteiger partial charge in [0.15, 0.2) is 11.9 Å². The van der Waals surface area contributed by atoms with Gasteiger partial charge in [0.25, 0.3) is 5.91 Å². The third-order valence-electron chi connectivity index (χ3n) is 4.33. The number of rotatable bonds is 8. The minimum atomic E-state index is -1.02. The average Bonchev–Trinajstić information content (AvgIpc) is 3.20. The van der Waals surface area contributed by atoms with Crippen molar-refractivity contribution < 1.29 is 19.1 Å². The minimum Gasteiger partial charge on any atom is -0.449 e. The Hall–Kier alpha value is -4.07. The normalized spacial score (nSPS) is 11.8. The molecule has 0 radical (unpaired) electrons. The molecule has 3 aromatic rings. The van der Waals surface area contributed by atoms with E-state index in [4.69, 9.17) is 4.74 Å². The quantitative estimate of drug-likeness (QED) is 0.343. The zero-order chi connectivity index (χ0) is 22.2. The molecule has 0 aliphatic rings. The first-order chi connectivity index (χ1) is 14.9. The molecule has 0 fully saturated rings. The van der Waals surface area contributed by atoms with E-state index in [9.17, 15) is 14.4 Å². The number of ketones is 1. The van der Waals surface area contributed by atoms with E-state index in [1.807, 2.05) is 30.3 Å². The summed E-state index contributed by atoms with van der Waals surface area (Å²) in [4.78, 5) is 35.7. The lowest BCUT2D eigenvalue weighted by molar-refractivity contribution is -0.148. The predicted molar refractivity (Wildman–Crippen MR) is 115 cm³/mol. The zero-order valence-corrected chi connectivity index (χ0v) is 17.2. The van der Waals surface area contributed by atoms with Gasteiger partial charge in [-0.15, -0.1) is 5.10 Å². The second-order valence-electron chi connectivity index (χ2n) is 6.87. The van der Waals surface area contributed by atoms with Crippen LogP contribution in [0.2, 0.25) is 0 Å². The van der Waals surface area contributed by atoms with E-state index in [1.54, 1.807) is 35.1 Å². The molecule has 1 N–H and O–H groups in total. The molecule has 8 heteroatoms. The lowest BCUT2D eigenvalue weighted by atomic mass is 10.1. The maximum Gasteiger partial charge on any atom is 0.331 e. The second kappa shape index (κ2) is 10.1. The number of amides is 1. The number of hydrogen-bond donors (Lipinski definition) is 1. The number of nitrogens with zero attached hydrogens (tertiary/aromatic N) is 3. The highest BCUT2D eigenvalue weighted by atomic mass is 16.5. The van der Waals surface area contributed by atoms with Gasteiger partial charge < -0.3 is 10.1 Å². The van der Waals surface area contributed by atoms with E-state index in [2.05, 4.69) is 15.6 Å². The Balaban J connectivity index is 1.51. The number of Topliss-reactive ketones (excluding diaryl/α,β-unsaturated/α-hetero) is 1. The maximum absolute atomic E-state index is 12.3.